The standard InChI is InChI=1S/C36H51N13O25P4/c1-14(2)42-20(51)7-15-16(69-32(23(15)52)49-13-46(3)22-30(49)44-35(38)45-31(22)55)8-67-76(59,60)73-78(63,64)74-77(61,62)68-10-18-26(27(65-4)34(71-18)48-12-41-21-28(37)39-11-40-29(21)48)72-75(57,58)66-9-17-24(53)25(54)33(70-17)47-6-5-19(50)43-36(47)56/h5-6,11-18,23-27,32-34,52-54H,7-10H2,1-4H3,(H10-,37,38,39,40,42,43,44,45,50,51,55,56,57,58,59,60,61,62,63,64)/t15?,16-,17-,18-,23-,24-,25-,26-,27-,32?,33-,34-/m1/s1. The molecule has 38 nitrogen and oxygen atoms in total. The Kier molecular flexibility index (Phi) is 17.2. The minimum atomic E-state index is -6.25. The van der Waals surface area contributed by atoms with E-state index in [0.29, 0.717) is 4.57 Å². The zero-order valence-corrected chi connectivity index (χ0v) is 44.3. The predicted molar refractivity (Wildman–Crippen MR) is 251 cm³/mol. The molecule has 6 unspecified atom stereocenters. The third kappa shape index (κ3) is 12.9. The predicted octanol–water partition coefficient (Wildman–Crippen LogP) is -4.34. The SMILES string of the molecule is CO[C@@H]1[C@H](OP(=O)([O-])OC[C@H]2O[C@@H](n3ccc(=O)[nH]c3=O)[C@H](O)[C@@H]2O)[C@@H](COP(=O)(O)OP(=O)(O)OP(=O)(O)OC[C@H]2OC([n+]3cn(C)c4c(=O)[nH]c(N)nc43)[C@H](O)C2CC(=O)NC(C)C)O[C@H]1n1cnc2c(N)ncnc21. The van der Waals surface area contributed by atoms with Gasteiger partial charge in [0.15, 0.2) is 30.2 Å². The first-order chi connectivity index (χ1) is 36.5. The Morgan fingerprint density at radius 3 is 2.17 bits per heavy atom. The number of rotatable bonds is 22. The van der Waals surface area contributed by atoms with E-state index in [1.807, 2.05) is 4.98 Å². The fourth-order valence-corrected chi connectivity index (χ4v) is 13.2. The van der Waals surface area contributed by atoms with Crippen LogP contribution in [0.5, 0.6) is 0 Å². The van der Waals surface area contributed by atoms with E-state index in [2.05, 4.69) is 38.9 Å². The molecule has 430 valence electrons. The van der Waals surface area contributed by atoms with Gasteiger partial charge in [0, 0.05) is 37.8 Å². The molecule has 3 fully saturated rings. The average molecular weight is 1190 g/mol. The number of amides is 1. The molecule has 8 rings (SSSR count). The van der Waals surface area contributed by atoms with Crippen molar-refractivity contribution in [2.45, 2.75) is 93.8 Å². The molecule has 3 aliphatic rings. The van der Waals surface area contributed by atoms with Crippen LogP contribution in [0, 0.1) is 5.92 Å². The van der Waals surface area contributed by atoms with Crippen LogP contribution in [0.3, 0.4) is 0 Å². The topological polar surface area (TPSA) is 539 Å². The molecule has 5 aromatic heterocycles. The van der Waals surface area contributed by atoms with Crippen LogP contribution in [0.4, 0.5) is 11.8 Å². The Labute approximate surface area is 435 Å². The fourth-order valence-electron chi connectivity index (χ4n) is 8.71. The maximum absolute atomic E-state index is 13.5. The maximum atomic E-state index is 13.5. The normalized spacial score (nSPS) is 29.6. The van der Waals surface area contributed by atoms with Gasteiger partial charge >= 0.3 is 34.8 Å². The lowest BCUT2D eigenvalue weighted by Crippen LogP contribution is -2.45. The van der Waals surface area contributed by atoms with E-state index in [-0.39, 0.29) is 40.1 Å². The van der Waals surface area contributed by atoms with Crippen molar-refractivity contribution in [3.8, 4) is 0 Å². The molecule has 1 amide bonds. The number of phosphoric acid groups is 4. The van der Waals surface area contributed by atoms with Crippen LogP contribution in [-0.2, 0) is 75.8 Å². The van der Waals surface area contributed by atoms with Gasteiger partial charge in [0.05, 0.1) is 39.3 Å². The van der Waals surface area contributed by atoms with Crippen LogP contribution in [0.1, 0.15) is 39.0 Å². The van der Waals surface area contributed by atoms with E-state index in [9.17, 15) is 72.3 Å². The van der Waals surface area contributed by atoms with E-state index in [4.69, 9.17) is 48.5 Å². The van der Waals surface area contributed by atoms with E-state index >= 15 is 0 Å². The number of aromatic amines is 2. The van der Waals surface area contributed by atoms with Gasteiger partial charge in [0.25, 0.3) is 24.9 Å². The summed E-state index contributed by atoms with van der Waals surface area (Å²) in [6.45, 7) is -0.174. The number of nitrogens with two attached hydrogens (primary N) is 2. The van der Waals surface area contributed by atoms with Crippen LogP contribution in [0.2, 0.25) is 0 Å². The molecule has 13 N–H and O–H groups in total. The highest BCUT2D eigenvalue weighted by molar-refractivity contribution is 7.66. The number of imidazole rings is 2. The molecular weight excluding hydrogens is 1140 g/mol. The molecule has 0 aromatic carbocycles. The van der Waals surface area contributed by atoms with Crippen LogP contribution < -0.4 is 43.1 Å². The summed E-state index contributed by atoms with van der Waals surface area (Å²) < 4.78 is 109. The number of aryl methyl sites for hydroxylation is 1. The molecule has 0 radical (unpaired) electrons. The highest BCUT2D eigenvalue weighted by Gasteiger charge is 2.53. The van der Waals surface area contributed by atoms with E-state index in [1.165, 1.54) is 27.1 Å². The number of anilines is 2. The van der Waals surface area contributed by atoms with Crippen molar-refractivity contribution in [1.29, 1.82) is 0 Å². The van der Waals surface area contributed by atoms with Crippen molar-refractivity contribution in [1.82, 2.24) is 48.9 Å². The highest BCUT2D eigenvalue weighted by atomic mass is 31.3. The number of hydrogen-bond donors (Lipinski definition) is 11. The lowest BCUT2D eigenvalue weighted by molar-refractivity contribution is -0.745. The van der Waals surface area contributed by atoms with Crippen LogP contribution in [-0.4, -0.2) is 161 Å². The minimum Gasteiger partial charge on any atom is -0.756 e. The van der Waals surface area contributed by atoms with E-state index in [1.54, 1.807) is 13.8 Å². The second-order valence-electron chi connectivity index (χ2n) is 17.8. The van der Waals surface area contributed by atoms with Gasteiger partial charge in [-0.2, -0.15) is 8.62 Å². The largest absolute Gasteiger partial charge is 0.756 e. The van der Waals surface area contributed by atoms with Gasteiger partial charge in [-0.15, -0.1) is 0 Å². The number of hydrogen-bond acceptors (Lipinski definition) is 28. The number of fused-ring (bicyclic) bond motifs is 2. The lowest BCUT2D eigenvalue weighted by atomic mass is 9.94. The molecule has 78 heavy (non-hydrogen) atoms. The third-order valence-corrected chi connectivity index (χ3v) is 17.2. The number of phosphoric ester groups is 3. The molecule has 0 saturated carbocycles. The van der Waals surface area contributed by atoms with Crippen molar-refractivity contribution < 1.29 is 108 Å². The minimum absolute atomic E-state index is 0.0146. The molecular formula is C36H51N13O25P4. The number of ether oxygens (including phenoxy) is 4. The van der Waals surface area contributed by atoms with Gasteiger partial charge in [-0.1, -0.05) is 4.98 Å². The first-order valence-electron chi connectivity index (χ1n) is 22.6. The maximum Gasteiger partial charge on any atom is 0.490 e. The molecule has 5 aromatic rings. The van der Waals surface area contributed by atoms with Crippen molar-refractivity contribution in [3.05, 3.63) is 62.4 Å². The summed E-state index contributed by atoms with van der Waals surface area (Å²) in [4.78, 5) is 115. The number of H-pyrrole nitrogens is 2. The van der Waals surface area contributed by atoms with Gasteiger partial charge in [-0.05, 0) is 13.8 Å². The number of carbonyl (C=O) groups excluding carboxylic acids is 1. The van der Waals surface area contributed by atoms with Crippen molar-refractivity contribution in [3.63, 3.8) is 0 Å². The monoisotopic (exact) mass is 1190 g/mol. The summed E-state index contributed by atoms with van der Waals surface area (Å²) >= 11 is 0. The highest BCUT2D eigenvalue weighted by Crippen LogP contribution is 2.68. The van der Waals surface area contributed by atoms with Crippen LogP contribution in [0.15, 0.2) is 45.6 Å². The van der Waals surface area contributed by atoms with Crippen molar-refractivity contribution in [2.24, 2.45) is 13.0 Å². The first-order valence-corrected chi connectivity index (χ1v) is 28.6. The molecule has 0 spiro atoms. The van der Waals surface area contributed by atoms with Crippen LogP contribution in [0.25, 0.3) is 22.3 Å². The lowest BCUT2D eigenvalue weighted by Gasteiger charge is -2.31. The summed E-state index contributed by atoms with van der Waals surface area (Å²) in [5.74, 6) is -2.29. The van der Waals surface area contributed by atoms with E-state index < -0.39 is 154 Å². The smallest absolute Gasteiger partial charge is 0.490 e. The molecule has 16 atom stereocenters. The molecule has 0 aliphatic carbocycles. The number of nitrogen functional groups attached to an aromatic ring is 2. The zero-order valence-electron chi connectivity index (χ0n) is 40.7. The summed E-state index contributed by atoms with van der Waals surface area (Å²) in [5.41, 5.74) is 9.08. The number of carbonyl (C=O) groups is 1. The number of nitrogens with zero attached hydrogens (tertiary/aromatic N) is 8. The number of methoxy groups -OCH3 is 1. The number of nitrogens with one attached hydrogen (secondary N) is 3. The number of aromatic nitrogens is 10. The molecule has 8 heterocycles. The Bertz CT molecular complexity index is 3430. The number of aliphatic hydroxyl groups is 3. The average Bonchev–Trinajstić information content (AvgIpc) is 4.22. The Balaban J connectivity index is 0.952. The van der Waals surface area contributed by atoms with Gasteiger partial charge in [0.2, 0.25) is 17.7 Å². The fraction of sp³-hybridized carbons (Fsp3) is 0.583. The van der Waals surface area contributed by atoms with E-state index in [0.717, 1.165) is 32.0 Å². The third-order valence-electron chi connectivity index (χ3n) is 12.0. The van der Waals surface area contributed by atoms with Gasteiger partial charge < -0.3 is 79.7 Å². The molecule has 3 aliphatic heterocycles. The van der Waals surface area contributed by atoms with Crippen LogP contribution >= 0.6 is 31.3 Å². The Hall–Kier alpha value is -5.11. The van der Waals surface area contributed by atoms with Crippen molar-refractivity contribution in [2.75, 3.05) is 38.4 Å². The molecule has 3 saturated heterocycles. The van der Waals surface area contributed by atoms with Gasteiger partial charge in [-0.3, -0.25) is 51.7 Å². The van der Waals surface area contributed by atoms with Gasteiger partial charge in [-0.25, -0.2) is 38.0 Å². The van der Waals surface area contributed by atoms with Crippen molar-refractivity contribution >= 4 is 71.3 Å². The zero-order chi connectivity index (χ0) is 57.0. The quantitative estimate of drug-likeness (QED) is 0.0230. The molecule has 0 bridgehead atoms. The molecule has 42 heteroatoms. The second-order valence-corrected chi connectivity index (χ2v) is 23.8. The second kappa shape index (κ2) is 22.8. The Morgan fingerprint density at radius 2 is 1.51 bits per heavy atom. The Morgan fingerprint density at radius 1 is 0.859 bits per heavy atom. The summed E-state index contributed by atoms with van der Waals surface area (Å²) in [6, 6.07) is 0.535. The summed E-state index contributed by atoms with van der Waals surface area (Å²) in [7, 11) is -21.3. The summed E-state index contributed by atoms with van der Waals surface area (Å²) in [6.07, 6.45) is -14.7. The first kappa shape index (κ1) is 59.0. The summed E-state index contributed by atoms with van der Waals surface area (Å²) in [5, 5.41) is 35.4. The number of aliphatic hydroxyl groups excluding tert-OH is 3. The van der Waals surface area contributed by atoms with Gasteiger partial charge in [0.1, 0.15) is 54.6 Å².